The van der Waals surface area contributed by atoms with Crippen LogP contribution < -0.4 is 5.32 Å². The number of benzene rings is 1. The molecule has 0 radical (unpaired) electrons. The quantitative estimate of drug-likeness (QED) is 0.803. The van der Waals surface area contributed by atoms with Crippen LogP contribution in [-0.4, -0.2) is 36.2 Å². The van der Waals surface area contributed by atoms with E-state index in [0.717, 1.165) is 25.2 Å². The summed E-state index contributed by atoms with van der Waals surface area (Å²) in [5, 5.41) is 12.9. The van der Waals surface area contributed by atoms with Gasteiger partial charge in [0, 0.05) is 24.2 Å². The summed E-state index contributed by atoms with van der Waals surface area (Å²) in [5.74, 6) is 0. The summed E-state index contributed by atoms with van der Waals surface area (Å²) >= 11 is 0. The molecule has 1 heterocycles. The Hall–Kier alpha value is -1.06. The van der Waals surface area contributed by atoms with Gasteiger partial charge in [0.2, 0.25) is 0 Å². The van der Waals surface area contributed by atoms with Crippen LogP contribution >= 0.6 is 0 Å². The molecule has 1 aliphatic heterocycles. The van der Waals surface area contributed by atoms with Crippen LogP contribution in [0.3, 0.4) is 0 Å². The standard InChI is InChI=1S/C17H28N2O/c1-3-17(2,14-20)13-18-16-8-6-7-15(11-16)12-19-9-4-5-10-19/h6-8,11,18,20H,3-5,9-10,12-14H2,1-2H3. The van der Waals surface area contributed by atoms with Gasteiger partial charge in [-0.15, -0.1) is 0 Å². The van der Waals surface area contributed by atoms with Crippen molar-refractivity contribution in [1.29, 1.82) is 0 Å². The minimum Gasteiger partial charge on any atom is -0.396 e. The van der Waals surface area contributed by atoms with E-state index in [4.69, 9.17) is 0 Å². The molecule has 2 rings (SSSR count). The first-order valence-electron chi connectivity index (χ1n) is 7.81. The Balaban J connectivity index is 1.91. The van der Waals surface area contributed by atoms with E-state index in [1.54, 1.807) is 0 Å². The van der Waals surface area contributed by atoms with E-state index < -0.39 is 0 Å². The lowest BCUT2D eigenvalue weighted by Gasteiger charge is -2.26. The molecule has 20 heavy (non-hydrogen) atoms. The summed E-state index contributed by atoms with van der Waals surface area (Å²) in [5.41, 5.74) is 2.50. The lowest BCUT2D eigenvalue weighted by molar-refractivity contribution is 0.149. The van der Waals surface area contributed by atoms with E-state index in [0.29, 0.717) is 0 Å². The van der Waals surface area contributed by atoms with Crippen LogP contribution in [0.15, 0.2) is 24.3 Å². The monoisotopic (exact) mass is 276 g/mol. The van der Waals surface area contributed by atoms with E-state index in [9.17, 15) is 5.11 Å². The second-order valence-electron chi connectivity index (χ2n) is 6.36. The number of nitrogens with one attached hydrogen (secondary N) is 1. The molecule has 112 valence electrons. The first kappa shape index (κ1) is 15.3. The molecule has 0 amide bonds. The molecule has 0 bridgehead atoms. The van der Waals surface area contributed by atoms with Gasteiger partial charge in [0.1, 0.15) is 0 Å². The number of anilines is 1. The molecule has 0 aliphatic carbocycles. The fraction of sp³-hybridized carbons (Fsp3) is 0.647. The van der Waals surface area contributed by atoms with Gasteiger partial charge in [0.25, 0.3) is 0 Å². The smallest absolute Gasteiger partial charge is 0.0501 e. The molecule has 1 atom stereocenters. The van der Waals surface area contributed by atoms with Gasteiger partial charge in [-0.3, -0.25) is 4.90 Å². The molecule has 1 aliphatic rings. The highest BCUT2D eigenvalue weighted by Crippen LogP contribution is 2.22. The molecule has 0 aromatic heterocycles. The lowest BCUT2D eigenvalue weighted by Crippen LogP contribution is -2.29. The average molecular weight is 276 g/mol. The fourth-order valence-electron chi connectivity index (χ4n) is 2.59. The van der Waals surface area contributed by atoms with Gasteiger partial charge in [-0.1, -0.05) is 26.0 Å². The Kier molecular flexibility index (Phi) is 5.44. The van der Waals surface area contributed by atoms with Crippen LogP contribution in [0.5, 0.6) is 0 Å². The van der Waals surface area contributed by atoms with Gasteiger partial charge in [-0.2, -0.15) is 0 Å². The second-order valence-corrected chi connectivity index (χ2v) is 6.36. The number of aliphatic hydroxyl groups is 1. The summed E-state index contributed by atoms with van der Waals surface area (Å²) in [6.45, 7) is 8.81. The zero-order valence-electron chi connectivity index (χ0n) is 12.9. The molecule has 1 fully saturated rings. The molecule has 1 saturated heterocycles. The van der Waals surface area contributed by atoms with Crippen molar-refractivity contribution >= 4 is 5.69 Å². The van der Waals surface area contributed by atoms with Gasteiger partial charge < -0.3 is 10.4 Å². The third-order valence-electron chi connectivity index (χ3n) is 4.49. The van der Waals surface area contributed by atoms with Crippen LogP contribution in [-0.2, 0) is 6.54 Å². The first-order valence-corrected chi connectivity index (χ1v) is 7.81. The van der Waals surface area contributed by atoms with Crippen molar-refractivity contribution in [2.45, 2.75) is 39.7 Å². The largest absolute Gasteiger partial charge is 0.396 e. The zero-order chi connectivity index (χ0) is 14.4. The summed E-state index contributed by atoms with van der Waals surface area (Å²) in [4.78, 5) is 2.52. The Morgan fingerprint density at radius 3 is 2.70 bits per heavy atom. The average Bonchev–Trinajstić information content (AvgIpc) is 2.98. The minimum atomic E-state index is -0.0367. The number of nitrogens with zero attached hydrogens (tertiary/aromatic N) is 1. The van der Waals surface area contributed by atoms with Crippen molar-refractivity contribution in [3.05, 3.63) is 29.8 Å². The van der Waals surface area contributed by atoms with Crippen LogP contribution in [0, 0.1) is 5.41 Å². The Labute approximate surface area is 123 Å². The molecule has 0 spiro atoms. The van der Waals surface area contributed by atoms with Crippen LogP contribution in [0.4, 0.5) is 5.69 Å². The van der Waals surface area contributed by atoms with Gasteiger partial charge in [0.15, 0.2) is 0 Å². The van der Waals surface area contributed by atoms with Crippen molar-refractivity contribution in [1.82, 2.24) is 4.90 Å². The highest BCUT2D eigenvalue weighted by atomic mass is 16.3. The maximum atomic E-state index is 9.46. The van der Waals surface area contributed by atoms with Crippen LogP contribution in [0.25, 0.3) is 0 Å². The maximum Gasteiger partial charge on any atom is 0.0501 e. The number of hydrogen-bond acceptors (Lipinski definition) is 3. The summed E-state index contributed by atoms with van der Waals surface area (Å²) in [6.07, 6.45) is 3.65. The predicted octanol–water partition coefficient (Wildman–Crippen LogP) is 3.10. The van der Waals surface area contributed by atoms with Crippen LogP contribution in [0.2, 0.25) is 0 Å². The molecule has 0 saturated carbocycles. The summed E-state index contributed by atoms with van der Waals surface area (Å²) in [6, 6.07) is 8.68. The second kappa shape index (κ2) is 7.09. The van der Waals surface area contributed by atoms with Gasteiger partial charge in [0.05, 0.1) is 6.61 Å². The van der Waals surface area contributed by atoms with Crippen LogP contribution in [0.1, 0.15) is 38.7 Å². The van der Waals surface area contributed by atoms with Gasteiger partial charge >= 0.3 is 0 Å². The van der Waals surface area contributed by atoms with Crippen molar-refractivity contribution in [3.8, 4) is 0 Å². The van der Waals surface area contributed by atoms with Gasteiger partial charge in [-0.05, 0) is 50.0 Å². The van der Waals surface area contributed by atoms with E-state index >= 15 is 0 Å². The fourth-order valence-corrected chi connectivity index (χ4v) is 2.59. The Morgan fingerprint density at radius 2 is 2.05 bits per heavy atom. The Bertz CT molecular complexity index is 409. The molecule has 1 aromatic rings. The molecule has 3 nitrogen and oxygen atoms in total. The van der Waals surface area contributed by atoms with Gasteiger partial charge in [-0.25, -0.2) is 0 Å². The third kappa shape index (κ3) is 4.22. The number of likely N-dealkylation sites (tertiary alicyclic amines) is 1. The lowest BCUT2D eigenvalue weighted by atomic mass is 9.88. The highest BCUT2D eigenvalue weighted by Gasteiger charge is 2.20. The normalized spacial score (nSPS) is 18.9. The first-order chi connectivity index (χ1) is 9.65. The summed E-state index contributed by atoms with van der Waals surface area (Å²) < 4.78 is 0. The Morgan fingerprint density at radius 1 is 1.30 bits per heavy atom. The maximum absolute atomic E-state index is 9.46. The van der Waals surface area contributed by atoms with E-state index in [1.165, 1.54) is 31.5 Å². The van der Waals surface area contributed by atoms with E-state index in [2.05, 4.69) is 48.3 Å². The zero-order valence-corrected chi connectivity index (χ0v) is 12.9. The molecular formula is C17H28N2O. The van der Waals surface area contributed by atoms with Crippen molar-refractivity contribution < 1.29 is 5.11 Å². The van der Waals surface area contributed by atoms with Crippen molar-refractivity contribution in [2.24, 2.45) is 5.41 Å². The molecule has 1 unspecified atom stereocenters. The number of aliphatic hydroxyl groups excluding tert-OH is 1. The SMILES string of the molecule is CCC(C)(CO)CNc1cccc(CN2CCCC2)c1. The third-order valence-corrected chi connectivity index (χ3v) is 4.49. The highest BCUT2D eigenvalue weighted by molar-refractivity contribution is 5.46. The number of rotatable bonds is 7. The van der Waals surface area contributed by atoms with E-state index in [1.807, 2.05) is 0 Å². The summed E-state index contributed by atoms with van der Waals surface area (Å²) in [7, 11) is 0. The molecular weight excluding hydrogens is 248 g/mol. The molecule has 3 heteroatoms. The predicted molar refractivity (Wildman–Crippen MR) is 84.9 cm³/mol. The molecule has 2 N–H and O–H groups in total. The van der Waals surface area contributed by atoms with Crippen molar-refractivity contribution in [2.75, 3.05) is 31.6 Å². The number of hydrogen-bond donors (Lipinski definition) is 2. The topological polar surface area (TPSA) is 35.5 Å². The van der Waals surface area contributed by atoms with Crippen molar-refractivity contribution in [3.63, 3.8) is 0 Å². The van der Waals surface area contributed by atoms with E-state index in [-0.39, 0.29) is 12.0 Å². The minimum absolute atomic E-state index is 0.0367. The molecule has 1 aromatic carbocycles.